The molecule has 0 saturated carbocycles. The van der Waals surface area contributed by atoms with Gasteiger partial charge in [-0.15, -0.1) is 0 Å². The molecule has 0 radical (unpaired) electrons. The van der Waals surface area contributed by atoms with E-state index in [1.165, 1.54) is 0 Å². The third-order valence-corrected chi connectivity index (χ3v) is 4.36. The Hall–Kier alpha value is -3.25. The maximum atomic E-state index is 13.5. The standard InChI is InChI=1S/C20H19N5O/c1-13(21)19-23-17-10-6-9-16(14-11-22-24(2)12-14)18(17)20(26)25(19)15-7-4-3-5-8-15/h3-13H,21H2,1-2H3. The van der Waals surface area contributed by atoms with Crippen molar-refractivity contribution in [1.29, 1.82) is 0 Å². The van der Waals surface area contributed by atoms with Gasteiger partial charge in [0.1, 0.15) is 5.82 Å². The zero-order valence-electron chi connectivity index (χ0n) is 14.6. The number of aryl methyl sites for hydroxylation is 1. The van der Waals surface area contributed by atoms with Crippen molar-refractivity contribution in [3.8, 4) is 16.8 Å². The van der Waals surface area contributed by atoms with E-state index in [-0.39, 0.29) is 11.6 Å². The molecule has 1 unspecified atom stereocenters. The average Bonchev–Trinajstić information content (AvgIpc) is 3.08. The molecule has 1 atom stereocenters. The summed E-state index contributed by atoms with van der Waals surface area (Å²) in [4.78, 5) is 18.2. The summed E-state index contributed by atoms with van der Waals surface area (Å²) in [5.41, 5.74) is 9.08. The first-order valence-corrected chi connectivity index (χ1v) is 8.42. The average molecular weight is 345 g/mol. The van der Waals surface area contributed by atoms with Crippen molar-refractivity contribution in [2.45, 2.75) is 13.0 Å². The van der Waals surface area contributed by atoms with Crippen LogP contribution in [0.3, 0.4) is 0 Å². The maximum absolute atomic E-state index is 13.5. The Morgan fingerprint density at radius 2 is 1.85 bits per heavy atom. The Bertz CT molecular complexity index is 1140. The van der Waals surface area contributed by atoms with Crippen LogP contribution < -0.4 is 11.3 Å². The van der Waals surface area contributed by atoms with Crippen LogP contribution in [0.2, 0.25) is 0 Å². The Morgan fingerprint density at radius 1 is 1.08 bits per heavy atom. The molecule has 4 rings (SSSR count). The molecule has 0 bridgehead atoms. The van der Waals surface area contributed by atoms with Crippen molar-refractivity contribution < 1.29 is 0 Å². The SMILES string of the molecule is CC(N)c1nc2cccc(-c3cnn(C)c3)c2c(=O)n1-c1ccccc1. The van der Waals surface area contributed by atoms with Crippen LogP contribution in [-0.2, 0) is 7.05 Å². The van der Waals surface area contributed by atoms with Crippen LogP contribution in [0.4, 0.5) is 0 Å². The monoisotopic (exact) mass is 345 g/mol. The van der Waals surface area contributed by atoms with Crippen molar-refractivity contribution in [3.63, 3.8) is 0 Å². The molecule has 130 valence electrons. The fourth-order valence-corrected chi connectivity index (χ4v) is 3.18. The number of para-hydroxylation sites is 1. The lowest BCUT2D eigenvalue weighted by molar-refractivity contribution is 0.696. The summed E-state index contributed by atoms with van der Waals surface area (Å²) in [5.74, 6) is 0.539. The van der Waals surface area contributed by atoms with Gasteiger partial charge in [0.05, 0.1) is 28.8 Å². The van der Waals surface area contributed by atoms with E-state index in [1.54, 1.807) is 15.4 Å². The molecule has 0 fully saturated rings. The third-order valence-electron chi connectivity index (χ3n) is 4.36. The number of fused-ring (bicyclic) bond motifs is 1. The van der Waals surface area contributed by atoms with Crippen LogP contribution in [0.25, 0.3) is 27.7 Å². The minimum atomic E-state index is -0.380. The Balaban J connectivity index is 2.12. The number of aromatic nitrogens is 4. The fraction of sp³-hybridized carbons (Fsp3) is 0.150. The van der Waals surface area contributed by atoms with Gasteiger partial charge in [0, 0.05) is 18.8 Å². The zero-order chi connectivity index (χ0) is 18.3. The van der Waals surface area contributed by atoms with Crippen molar-refractivity contribution in [2.75, 3.05) is 0 Å². The minimum absolute atomic E-state index is 0.132. The van der Waals surface area contributed by atoms with Gasteiger partial charge >= 0.3 is 0 Å². The fourth-order valence-electron chi connectivity index (χ4n) is 3.18. The van der Waals surface area contributed by atoms with Gasteiger partial charge in [-0.05, 0) is 30.7 Å². The molecular weight excluding hydrogens is 326 g/mol. The zero-order valence-corrected chi connectivity index (χ0v) is 14.6. The molecule has 26 heavy (non-hydrogen) atoms. The number of nitrogens with two attached hydrogens (primary N) is 1. The summed E-state index contributed by atoms with van der Waals surface area (Å²) in [6, 6.07) is 14.7. The summed E-state index contributed by atoms with van der Waals surface area (Å²) in [6.45, 7) is 1.83. The quantitative estimate of drug-likeness (QED) is 0.619. The molecule has 0 amide bonds. The van der Waals surface area contributed by atoms with E-state index in [1.807, 2.05) is 68.7 Å². The molecule has 2 heterocycles. The summed E-state index contributed by atoms with van der Waals surface area (Å²) in [7, 11) is 1.85. The highest BCUT2D eigenvalue weighted by molar-refractivity contribution is 5.94. The third kappa shape index (κ3) is 2.60. The summed E-state index contributed by atoms with van der Waals surface area (Å²) < 4.78 is 3.32. The van der Waals surface area contributed by atoms with Gasteiger partial charge in [0.2, 0.25) is 0 Å². The Labute approximate surface area is 150 Å². The molecule has 4 aromatic rings. The lowest BCUT2D eigenvalue weighted by Crippen LogP contribution is -2.27. The van der Waals surface area contributed by atoms with Gasteiger partial charge in [-0.25, -0.2) is 4.98 Å². The predicted molar refractivity (Wildman–Crippen MR) is 102 cm³/mol. The predicted octanol–water partition coefficient (Wildman–Crippen LogP) is 2.81. The molecule has 0 aliphatic carbocycles. The smallest absolute Gasteiger partial charge is 0.266 e. The van der Waals surface area contributed by atoms with E-state index in [4.69, 9.17) is 10.7 Å². The van der Waals surface area contributed by atoms with Crippen molar-refractivity contribution in [1.82, 2.24) is 19.3 Å². The second-order valence-corrected chi connectivity index (χ2v) is 6.34. The second-order valence-electron chi connectivity index (χ2n) is 6.34. The summed E-state index contributed by atoms with van der Waals surface area (Å²) in [5, 5.41) is 4.79. The molecule has 0 saturated heterocycles. The molecule has 2 aromatic carbocycles. The van der Waals surface area contributed by atoms with Crippen molar-refractivity contribution >= 4 is 10.9 Å². The lowest BCUT2D eigenvalue weighted by Gasteiger charge is -2.17. The minimum Gasteiger partial charge on any atom is -0.322 e. The number of benzene rings is 2. The lowest BCUT2D eigenvalue weighted by atomic mass is 10.0. The number of hydrogen-bond acceptors (Lipinski definition) is 4. The summed E-state index contributed by atoms with van der Waals surface area (Å²) >= 11 is 0. The van der Waals surface area contributed by atoms with E-state index in [9.17, 15) is 4.79 Å². The van der Waals surface area contributed by atoms with E-state index >= 15 is 0 Å². The van der Waals surface area contributed by atoms with E-state index < -0.39 is 0 Å². The van der Waals surface area contributed by atoms with E-state index in [0.29, 0.717) is 16.7 Å². The first kappa shape index (κ1) is 16.2. The summed E-state index contributed by atoms with van der Waals surface area (Å²) in [6.07, 6.45) is 3.64. The van der Waals surface area contributed by atoms with E-state index in [0.717, 1.165) is 16.8 Å². The highest BCUT2D eigenvalue weighted by atomic mass is 16.1. The van der Waals surface area contributed by atoms with Crippen LogP contribution in [0.15, 0.2) is 65.7 Å². The highest BCUT2D eigenvalue weighted by Gasteiger charge is 2.18. The highest BCUT2D eigenvalue weighted by Crippen LogP contribution is 2.26. The molecule has 6 nitrogen and oxygen atoms in total. The van der Waals surface area contributed by atoms with Gasteiger partial charge in [-0.2, -0.15) is 5.10 Å². The van der Waals surface area contributed by atoms with Crippen LogP contribution in [0.1, 0.15) is 18.8 Å². The van der Waals surface area contributed by atoms with Crippen LogP contribution in [0.5, 0.6) is 0 Å². The molecule has 2 aromatic heterocycles. The van der Waals surface area contributed by atoms with Gasteiger partial charge in [0.15, 0.2) is 0 Å². The van der Waals surface area contributed by atoms with Crippen LogP contribution in [0, 0.1) is 0 Å². The first-order valence-electron chi connectivity index (χ1n) is 8.42. The van der Waals surface area contributed by atoms with Gasteiger partial charge in [-0.1, -0.05) is 30.3 Å². The van der Waals surface area contributed by atoms with E-state index in [2.05, 4.69) is 5.10 Å². The molecule has 6 heteroatoms. The Kier molecular flexibility index (Phi) is 3.89. The largest absolute Gasteiger partial charge is 0.322 e. The first-order chi connectivity index (χ1) is 12.6. The molecule has 0 aliphatic heterocycles. The second kappa shape index (κ2) is 6.24. The van der Waals surface area contributed by atoms with Crippen molar-refractivity contribution in [3.05, 3.63) is 77.1 Å². The maximum Gasteiger partial charge on any atom is 0.266 e. The molecular formula is C20H19N5O. The van der Waals surface area contributed by atoms with Gasteiger partial charge in [-0.3, -0.25) is 14.0 Å². The van der Waals surface area contributed by atoms with Crippen LogP contribution in [-0.4, -0.2) is 19.3 Å². The van der Waals surface area contributed by atoms with Gasteiger partial charge in [0.25, 0.3) is 5.56 Å². The topological polar surface area (TPSA) is 78.7 Å². The Morgan fingerprint density at radius 3 is 2.50 bits per heavy atom. The molecule has 2 N–H and O–H groups in total. The number of hydrogen-bond donors (Lipinski definition) is 1. The van der Waals surface area contributed by atoms with Crippen molar-refractivity contribution in [2.24, 2.45) is 12.8 Å². The molecule has 0 spiro atoms. The van der Waals surface area contributed by atoms with Crippen LogP contribution >= 0.6 is 0 Å². The normalized spacial score (nSPS) is 12.4. The van der Waals surface area contributed by atoms with Gasteiger partial charge < -0.3 is 5.73 Å². The molecule has 0 aliphatic rings. The number of nitrogens with zero attached hydrogens (tertiary/aromatic N) is 4. The number of rotatable bonds is 3.